The van der Waals surface area contributed by atoms with E-state index in [4.69, 9.17) is 14.2 Å². The fraction of sp³-hybridized carbons (Fsp3) is 0.800. The normalized spacial score (nSPS) is 41.7. The molecular formula is C35H59BrN2O11S. The van der Waals surface area contributed by atoms with E-state index >= 15 is 0 Å². The van der Waals surface area contributed by atoms with Gasteiger partial charge in [-0.25, -0.2) is 8.42 Å². The highest BCUT2D eigenvalue weighted by atomic mass is 79.9. The predicted octanol–water partition coefficient (Wildman–Crippen LogP) is 2.46. The van der Waals surface area contributed by atoms with Gasteiger partial charge in [-0.05, 0) is 91.0 Å². The lowest BCUT2D eigenvalue weighted by atomic mass is 9.78. The number of benzene rings is 1. The van der Waals surface area contributed by atoms with Crippen LogP contribution in [0.4, 0.5) is 0 Å². The van der Waals surface area contributed by atoms with Crippen molar-refractivity contribution in [2.24, 2.45) is 17.8 Å². The highest BCUT2D eigenvalue weighted by Crippen LogP contribution is 2.37. The molecule has 50 heavy (non-hydrogen) atoms. The number of hydrogen-bond acceptors (Lipinski definition) is 12. The number of ether oxygens (including phenoxy) is 3. The fourth-order valence-electron chi connectivity index (χ4n) is 7.41. The highest BCUT2D eigenvalue weighted by Gasteiger charge is 2.50. The van der Waals surface area contributed by atoms with Gasteiger partial charge in [-0.3, -0.25) is 4.79 Å². The number of rotatable bonds is 6. The molecule has 0 amide bonds. The van der Waals surface area contributed by atoms with E-state index in [2.05, 4.69) is 21.2 Å². The first kappa shape index (κ1) is 43.2. The molecule has 0 unspecified atom stereocenters. The monoisotopic (exact) mass is 794 g/mol. The summed E-state index contributed by atoms with van der Waals surface area (Å²) in [6.07, 6.45) is -8.07. The lowest BCUT2D eigenvalue weighted by Gasteiger charge is -2.46. The second-order valence-corrected chi connectivity index (χ2v) is 17.9. The molecule has 0 saturated carbocycles. The van der Waals surface area contributed by atoms with Crippen molar-refractivity contribution in [1.82, 2.24) is 9.62 Å². The Morgan fingerprint density at radius 2 is 1.70 bits per heavy atom. The number of halogens is 1. The van der Waals surface area contributed by atoms with Gasteiger partial charge < -0.3 is 45.1 Å². The standard InChI is InChI=1S/C35H59BrN2O11S/c1-11-27-35(9,44)30(41)23(7)37-17-18(2)16-34(8,43)31(21(5)28(39)22(6)32(42)48-27)49-33-29(40)25(15-19(3)47-33)38(10)50(45,46)26-14-12-13-24(36)20(26)4/h12-14,18-19,21-23,25,27-31,33,37,39-41,43-44H,11,15-17H2,1-10H3/t18-,19-,21+,22-,23-,25+,27-,28+,29-,30-,31-,33+,34-,35-/m1/s1. The first-order valence-electron chi connectivity index (χ1n) is 17.5. The third-order valence-electron chi connectivity index (χ3n) is 10.7. The van der Waals surface area contributed by atoms with Gasteiger partial charge in [0, 0.05) is 23.5 Å². The molecule has 2 aliphatic heterocycles. The SMILES string of the molecule is CC[C@H]1OC(=O)[C@H](C)[C@@H](O)[C@H](C)[C@@H](O[C@@H]2O[C@H](C)C[C@H](N(C)S(=O)(=O)c3cccc(Br)c3C)[C@H]2O)[C@](C)(O)C[C@@H](C)CN[C@H](C)[C@@H](O)[C@]1(C)O. The Morgan fingerprint density at radius 3 is 2.30 bits per heavy atom. The van der Waals surface area contributed by atoms with E-state index in [0.717, 1.165) is 4.31 Å². The van der Waals surface area contributed by atoms with Crippen molar-refractivity contribution in [1.29, 1.82) is 0 Å². The van der Waals surface area contributed by atoms with E-state index < -0.39 is 94.0 Å². The first-order valence-corrected chi connectivity index (χ1v) is 19.7. The molecule has 15 heteroatoms. The number of aliphatic hydroxyl groups is 5. The summed E-state index contributed by atoms with van der Waals surface area (Å²) in [6, 6.07) is 3.27. The number of carbonyl (C=O) groups is 1. The molecule has 6 N–H and O–H groups in total. The number of likely N-dealkylation sites (N-methyl/N-ethyl adjacent to an activating group) is 1. The Kier molecular flexibility index (Phi) is 14.5. The summed E-state index contributed by atoms with van der Waals surface area (Å²) in [4.78, 5) is 13.5. The Morgan fingerprint density at radius 1 is 1.08 bits per heavy atom. The van der Waals surface area contributed by atoms with E-state index in [1.54, 1.807) is 46.8 Å². The Balaban J connectivity index is 2.00. The van der Waals surface area contributed by atoms with Crippen LogP contribution in [0.5, 0.6) is 0 Å². The maximum Gasteiger partial charge on any atom is 0.311 e. The van der Waals surface area contributed by atoms with Gasteiger partial charge in [-0.1, -0.05) is 42.8 Å². The summed E-state index contributed by atoms with van der Waals surface area (Å²) in [7, 11) is -2.68. The van der Waals surface area contributed by atoms with Gasteiger partial charge in [0.15, 0.2) is 6.29 Å². The average molecular weight is 796 g/mol. The minimum Gasteiger partial charge on any atom is -0.459 e. The smallest absolute Gasteiger partial charge is 0.311 e. The van der Waals surface area contributed by atoms with Crippen LogP contribution in [0.3, 0.4) is 0 Å². The molecular weight excluding hydrogens is 736 g/mol. The van der Waals surface area contributed by atoms with E-state index in [1.165, 1.54) is 33.9 Å². The lowest BCUT2D eigenvalue weighted by molar-refractivity contribution is -0.297. The van der Waals surface area contributed by atoms with Gasteiger partial charge in [0.25, 0.3) is 0 Å². The van der Waals surface area contributed by atoms with E-state index in [9.17, 15) is 38.7 Å². The Hall–Kier alpha value is -1.24. The number of nitrogens with zero attached hydrogens (tertiary/aromatic N) is 1. The van der Waals surface area contributed by atoms with E-state index in [0.29, 0.717) is 16.6 Å². The van der Waals surface area contributed by atoms with Crippen LogP contribution in [0, 0.1) is 24.7 Å². The summed E-state index contributed by atoms with van der Waals surface area (Å²) in [5, 5.41) is 60.9. The second kappa shape index (κ2) is 16.8. The topological polar surface area (TPSA) is 195 Å². The molecule has 0 aliphatic carbocycles. The minimum absolute atomic E-state index is 0.0804. The second-order valence-electron chi connectivity index (χ2n) is 15.1. The van der Waals surface area contributed by atoms with E-state index in [1.807, 2.05) is 6.92 Å². The molecule has 2 saturated heterocycles. The van der Waals surface area contributed by atoms with Crippen molar-refractivity contribution in [3.63, 3.8) is 0 Å². The zero-order valence-corrected chi connectivity index (χ0v) is 33.3. The van der Waals surface area contributed by atoms with E-state index in [-0.39, 0.29) is 30.1 Å². The third-order valence-corrected chi connectivity index (χ3v) is 13.5. The zero-order valence-electron chi connectivity index (χ0n) is 30.9. The minimum atomic E-state index is -4.08. The van der Waals surface area contributed by atoms with Crippen LogP contribution in [0.25, 0.3) is 0 Å². The van der Waals surface area contributed by atoms with Gasteiger partial charge in [0.1, 0.15) is 23.9 Å². The van der Waals surface area contributed by atoms with Crippen molar-refractivity contribution in [2.45, 2.75) is 153 Å². The summed E-state index contributed by atoms with van der Waals surface area (Å²) in [5.41, 5.74) is -2.97. The molecule has 1 aromatic carbocycles. The lowest BCUT2D eigenvalue weighted by Crippen LogP contribution is -2.60. The number of sulfonamides is 1. The quantitative estimate of drug-likeness (QED) is 0.231. The van der Waals surface area contributed by atoms with Crippen LogP contribution in [-0.2, 0) is 29.0 Å². The van der Waals surface area contributed by atoms with Crippen molar-refractivity contribution in [3.05, 3.63) is 28.2 Å². The van der Waals surface area contributed by atoms with Crippen molar-refractivity contribution < 1.29 is 53.0 Å². The number of esters is 1. The Bertz CT molecular complexity index is 1410. The van der Waals surface area contributed by atoms with Gasteiger partial charge in [-0.2, -0.15) is 4.31 Å². The third kappa shape index (κ3) is 9.27. The average Bonchev–Trinajstić information content (AvgIpc) is 3.04. The van der Waals surface area contributed by atoms with Gasteiger partial charge in [-0.15, -0.1) is 0 Å². The molecule has 2 heterocycles. The van der Waals surface area contributed by atoms with Crippen LogP contribution in [0.15, 0.2) is 27.6 Å². The largest absolute Gasteiger partial charge is 0.459 e. The molecule has 0 spiro atoms. The predicted molar refractivity (Wildman–Crippen MR) is 190 cm³/mol. The Labute approximate surface area is 305 Å². The summed E-state index contributed by atoms with van der Waals surface area (Å²) >= 11 is 3.39. The molecule has 0 bridgehead atoms. The van der Waals surface area contributed by atoms with Gasteiger partial charge in [0.2, 0.25) is 10.0 Å². The molecule has 13 nitrogen and oxygen atoms in total. The molecule has 2 fully saturated rings. The maximum atomic E-state index is 13.8. The summed E-state index contributed by atoms with van der Waals surface area (Å²) in [6.45, 7) is 15.0. The number of hydrogen-bond donors (Lipinski definition) is 6. The number of aliphatic hydroxyl groups excluding tert-OH is 3. The molecule has 0 aromatic heterocycles. The van der Waals surface area contributed by atoms with Crippen LogP contribution in [-0.4, -0.2) is 124 Å². The molecule has 0 radical (unpaired) electrons. The molecule has 2 aliphatic rings. The van der Waals surface area contributed by atoms with Crippen LogP contribution in [0.2, 0.25) is 0 Å². The van der Waals surface area contributed by atoms with Crippen molar-refractivity contribution >= 4 is 31.9 Å². The molecule has 14 atom stereocenters. The molecule has 288 valence electrons. The number of nitrogens with one attached hydrogen (secondary N) is 1. The number of carbonyl (C=O) groups excluding carboxylic acids is 1. The maximum absolute atomic E-state index is 13.8. The van der Waals surface area contributed by atoms with Gasteiger partial charge in [0.05, 0.1) is 40.8 Å². The van der Waals surface area contributed by atoms with Crippen molar-refractivity contribution in [3.8, 4) is 0 Å². The highest BCUT2D eigenvalue weighted by molar-refractivity contribution is 9.10. The summed E-state index contributed by atoms with van der Waals surface area (Å²) in [5.74, 6) is -3.14. The fourth-order valence-corrected chi connectivity index (χ4v) is 9.53. The van der Waals surface area contributed by atoms with Crippen LogP contribution < -0.4 is 5.32 Å². The first-order chi connectivity index (χ1) is 23.0. The zero-order chi connectivity index (χ0) is 38.1. The van der Waals surface area contributed by atoms with Gasteiger partial charge >= 0.3 is 5.97 Å². The van der Waals surface area contributed by atoms with Crippen molar-refractivity contribution in [2.75, 3.05) is 13.6 Å². The number of cyclic esters (lactones) is 1. The molecule has 3 rings (SSSR count). The summed E-state index contributed by atoms with van der Waals surface area (Å²) < 4.78 is 47.6. The van der Waals surface area contributed by atoms with Crippen LogP contribution in [0.1, 0.15) is 80.2 Å². The van der Waals surface area contributed by atoms with Crippen LogP contribution >= 0.6 is 15.9 Å². The molecule has 1 aromatic rings.